The lowest BCUT2D eigenvalue weighted by atomic mass is 9.84. The first-order chi connectivity index (χ1) is 31.7. The minimum absolute atomic E-state index is 1.23. The third kappa shape index (κ3) is 5.34. The zero-order valence-corrected chi connectivity index (χ0v) is 36.2. The first kappa shape index (κ1) is 35.9. The summed E-state index contributed by atoms with van der Waals surface area (Å²) in [4.78, 5) is 0. The SMILES string of the molecule is c1ccc2c(c1)sc1ccc(-c3c4ccccc4c(-c4ccc5ccc(-c6c7ccccc7c(-c7ccc8sc9ccccc9c8c7)c7ccccc67)cc5c4)c4ccccc34)cc12. The van der Waals surface area contributed by atoms with Gasteiger partial charge in [-0.1, -0.05) is 170 Å². The van der Waals surface area contributed by atoms with E-state index >= 15 is 0 Å². The van der Waals surface area contributed by atoms with Crippen molar-refractivity contribution in [3.8, 4) is 44.5 Å². The van der Waals surface area contributed by atoms with Crippen molar-refractivity contribution in [3.05, 3.63) is 218 Å². The van der Waals surface area contributed by atoms with Gasteiger partial charge in [0.05, 0.1) is 0 Å². The van der Waals surface area contributed by atoms with E-state index < -0.39 is 0 Å². The van der Waals surface area contributed by atoms with E-state index in [9.17, 15) is 0 Å². The Bertz CT molecular complexity index is 3870. The Morgan fingerprint density at radius 3 is 0.797 bits per heavy atom. The van der Waals surface area contributed by atoms with Crippen LogP contribution in [-0.4, -0.2) is 0 Å². The molecule has 0 N–H and O–H groups in total. The highest BCUT2D eigenvalue weighted by atomic mass is 32.1. The topological polar surface area (TPSA) is 0 Å². The third-order valence-corrected chi connectivity index (χ3v) is 15.9. The van der Waals surface area contributed by atoms with Crippen LogP contribution in [0.3, 0.4) is 0 Å². The third-order valence-electron chi connectivity index (χ3n) is 13.6. The van der Waals surface area contributed by atoms with Crippen LogP contribution in [0.4, 0.5) is 0 Å². The summed E-state index contributed by atoms with van der Waals surface area (Å²) in [5.41, 5.74) is 10.1. The Labute approximate surface area is 377 Å². The standard InChI is InChI=1S/C62H36S2/c1-5-19-49-45(15-1)59(46-16-2-6-20-50(46)61(49)40-29-31-57-53(35-40)43-13-9-11-23-55(43)63-57)38-27-25-37-26-28-39(34-42(37)33-38)60-47-17-3-7-21-51(47)62(52-22-8-4-18-48(52)60)41-30-32-58-54(36-41)44-14-10-12-24-56(44)64-58/h1-36H. The van der Waals surface area contributed by atoms with Gasteiger partial charge in [0.25, 0.3) is 0 Å². The molecule has 0 spiro atoms. The maximum atomic E-state index is 2.43. The lowest BCUT2D eigenvalue weighted by molar-refractivity contribution is 1.67. The molecule has 0 unspecified atom stereocenters. The summed E-state index contributed by atoms with van der Waals surface area (Å²) in [7, 11) is 0. The first-order valence-corrected chi connectivity index (χ1v) is 23.6. The Kier molecular flexibility index (Phi) is 7.83. The molecule has 2 heterocycles. The van der Waals surface area contributed by atoms with Crippen LogP contribution in [0, 0.1) is 0 Å². The fraction of sp³-hybridized carbons (Fsp3) is 0. The molecule has 0 radical (unpaired) electrons. The molecule has 14 aromatic rings. The van der Waals surface area contributed by atoms with Crippen molar-refractivity contribution in [2.75, 3.05) is 0 Å². The molecule has 0 aliphatic carbocycles. The maximum absolute atomic E-state index is 2.43. The van der Waals surface area contributed by atoms with Gasteiger partial charge < -0.3 is 0 Å². The normalized spacial score (nSPS) is 12.1. The molecule has 2 heteroatoms. The molecule has 14 rings (SSSR count). The van der Waals surface area contributed by atoms with E-state index in [4.69, 9.17) is 0 Å². The summed E-state index contributed by atoms with van der Waals surface area (Å²) in [6.07, 6.45) is 0. The minimum atomic E-state index is 1.23. The summed E-state index contributed by atoms with van der Waals surface area (Å²) >= 11 is 3.75. The molecule has 296 valence electrons. The fourth-order valence-electron chi connectivity index (χ4n) is 10.8. The fourth-order valence-corrected chi connectivity index (χ4v) is 13.0. The van der Waals surface area contributed by atoms with Gasteiger partial charge in [0, 0.05) is 40.3 Å². The molecule has 2 aromatic heterocycles. The Balaban J connectivity index is 0.965. The van der Waals surface area contributed by atoms with E-state index in [1.54, 1.807) is 0 Å². The number of thiophene rings is 2. The highest BCUT2D eigenvalue weighted by Gasteiger charge is 2.20. The summed E-state index contributed by atoms with van der Waals surface area (Å²) in [5, 5.41) is 17.9. The number of rotatable bonds is 4. The zero-order chi connectivity index (χ0) is 41.9. The van der Waals surface area contributed by atoms with Gasteiger partial charge in [-0.25, -0.2) is 0 Å². The van der Waals surface area contributed by atoms with E-state index in [1.807, 2.05) is 22.7 Å². The first-order valence-electron chi connectivity index (χ1n) is 22.0. The van der Waals surface area contributed by atoms with Gasteiger partial charge in [-0.15, -0.1) is 22.7 Å². The highest BCUT2D eigenvalue weighted by Crippen LogP contribution is 2.48. The van der Waals surface area contributed by atoms with Crippen molar-refractivity contribution >= 4 is 117 Å². The molecule has 0 fully saturated rings. The van der Waals surface area contributed by atoms with Crippen LogP contribution in [0.15, 0.2) is 218 Å². The van der Waals surface area contributed by atoms with Crippen molar-refractivity contribution in [3.63, 3.8) is 0 Å². The van der Waals surface area contributed by atoms with Crippen LogP contribution in [0.25, 0.3) is 139 Å². The molecular weight excluding hydrogens is 809 g/mol. The van der Waals surface area contributed by atoms with Gasteiger partial charge in [0.1, 0.15) is 0 Å². The zero-order valence-electron chi connectivity index (χ0n) is 34.6. The van der Waals surface area contributed by atoms with Crippen molar-refractivity contribution in [2.24, 2.45) is 0 Å². The van der Waals surface area contributed by atoms with E-state index in [1.165, 1.54) is 139 Å². The predicted molar refractivity (Wildman–Crippen MR) is 281 cm³/mol. The molecule has 64 heavy (non-hydrogen) atoms. The smallest absolute Gasteiger partial charge is 0.0355 e. The monoisotopic (exact) mass is 844 g/mol. The average molecular weight is 845 g/mol. The summed E-state index contributed by atoms with van der Waals surface area (Å²) in [6.45, 7) is 0. The Morgan fingerprint density at radius 1 is 0.188 bits per heavy atom. The Morgan fingerprint density at radius 2 is 0.453 bits per heavy atom. The summed E-state index contributed by atoms with van der Waals surface area (Å²) < 4.78 is 5.32. The van der Waals surface area contributed by atoms with Gasteiger partial charge in [-0.3, -0.25) is 0 Å². The predicted octanol–water partition coefficient (Wildman–Crippen LogP) is 18.9. The van der Waals surface area contributed by atoms with Crippen molar-refractivity contribution in [1.82, 2.24) is 0 Å². The van der Waals surface area contributed by atoms with E-state index in [0.29, 0.717) is 0 Å². The molecule has 0 aliphatic rings. The van der Waals surface area contributed by atoms with Crippen LogP contribution in [0.1, 0.15) is 0 Å². The van der Waals surface area contributed by atoms with Crippen LogP contribution in [0.2, 0.25) is 0 Å². The number of hydrogen-bond donors (Lipinski definition) is 0. The van der Waals surface area contributed by atoms with Crippen molar-refractivity contribution in [1.29, 1.82) is 0 Å². The van der Waals surface area contributed by atoms with Gasteiger partial charge in [-0.05, 0) is 147 Å². The number of hydrogen-bond acceptors (Lipinski definition) is 2. The van der Waals surface area contributed by atoms with E-state index in [-0.39, 0.29) is 0 Å². The van der Waals surface area contributed by atoms with Crippen LogP contribution in [-0.2, 0) is 0 Å². The molecule has 12 aromatic carbocycles. The van der Waals surface area contributed by atoms with Crippen LogP contribution < -0.4 is 0 Å². The number of benzene rings is 12. The summed E-state index contributed by atoms with van der Waals surface area (Å²) in [5.74, 6) is 0. The van der Waals surface area contributed by atoms with Gasteiger partial charge in [-0.2, -0.15) is 0 Å². The highest BCUT2D eigenvalue weighted by molar-refractivity contribution is 7.26. The van der Waals surface area contributed by atoms with Crippen LogP contribution >= 0.6 is 22.7 Å². The van der Waals surface area contributed by atoms with E-state index in [2.05, 4.69) is 218 Å². The van der Waals surface area contributed by atoms with Gasteiger partial charge in [0.2, 0.25) is 0 Å². The lowest BCUT2D eigenvalue weighted by Crippen LogP contribution is -1.92. The number of fused-ring (bicyclic) bond motifs is 11. The van der Waals surface area contributed by atoms with Crippen LogP contribution in [0.5, 0.6) is 0 Å². The average Bonchev–Trinajstić information content (AvgIpc) is 3.92. The lowest BCUT2D eigenvalue weighted by Gasteiger charge is -2.19. The molecule has 0 nitrogen and oxygen atoms in total. The van der Waals surface area contributed by atoms with E-state index in [0.717, 1.165) is 0 Å². The van der Waals surface area contributed by atoms with Gasteiger partial charge >= 0.3 is 0 Å². The Hall–Kier alpha value is -7.62. The largest absolute Gasteiger partial charge is 0.135 e. The summed E-state index contributed by atoms with van der Waals surface area (Å²) in [6, 6.07) is 81.9. The second-order valence-electron chi connectivity index (χ2n) is 17.1. The van der Waals surface area contributed by atoms with Crippen molar-refractivity contribution in [2.45, 2.75) is 0 Å². The van der Waals surface area contributed by atoms with Gasteiger partial charge in [0.15, 0.2) is 0 Å². The molecular formula is C62H36S2. The molecule has 0 saturated carbocycles. The molecule has 0 bridgehead atoms. The molecule has 0 atom stereocenters. The quantitative estimate of drug-likeness (QED) is 0.155. The van der Waals surface area contributed by atoms with Crippen molar-refractivity contribution < 1.29 is 0 Å². The second-order valence-corrected chi connectivity index (χ2v) is 19.2. The second kappa shape index (κ2) is 13.9. The maximum Gasteiger partial charge on any atom is 0.0355 e. The molecule has 0 aliphatic heterocycles. The minimum Gasteiger partial charge on any atom is -0.135 e. The molecule has 0 saturated heterocycles. The molecule has 0 amide bonds.